The Morgan fingerprint density at radius 2 is 1.72 bits per heavy atom. The lowest BCUT2D eigenvalue weighted by Gasteiger charge is -2.05. The molecule has 8 heteroatoms. The second-order valence-electron chi connectivity index (χ2n) is 3.51. The second kappa shape index (κ2) is 5.83. The van der Waals surface area contributed by atoms with E-state index in [9.17, 15) is 18.0 Å². The predicted octanol–water partition coefficient (Wildman–Crippen LogP) is 0.0320. The molecule has 0 bridgehead atoms. The van der Waals surface area contributed by atoms with Gasteiger partial charge in [0.25, 0.3) is 0 Å². The summed E-state index contributed by atoms with van der Waals surface area (Å²) in [4.78, 5) is 22.4. The number of rotatable bonds is 3. The number of hydrogen-bond donors (Lipinski definition) is 2. The highest BCUT2D eigenvalue weighted by Gasteiger charge is 2.16. The topological polar surface area (TPSA) is 92.3 Å². The third kappa shape index (κ3) is 5.15. The number of amides is 2. The first-order valence-corrected chi connectivity index (χ1v) is 7.09. The Hall–Kier alpha value is -1.60. The first kappa shape index (κ1) is 14.5. The van der Waals surface area contributed by atoms with Gasteiger partial charge >= 0.3 is 11.8 Å². The Kier molecular flexibility index (Phi) is 4.69. The van der Waals surface area contributed by atoms with Gasteiger partial charge in [0.2, 0.25) is 10.0 Å². The fraction of sp³-hybridized carbons (Fsp3) is 0.200. The fourth-order valence-corrected chi connectivity index (χ4v) is 1.64. The van der Waals surface area contributed by atoms with E-state index in [4.69, 9.17) is 11.6 Å². The molecule has 0 saturated heterocycles. The molecule has 0 aliphatic rings. The zero-order valence-electron chi connectivity index (χ0n) is 9.44. The molecule has 2 N–H and O–H groups in total. The first-order valence-electron chi connectivity index (χ1n) is 4.82. The molecule has 0 fully saturated rings. The molecule has 6 nitrogen and oxygen atoms in total. The van der Waals surface area contributed by atoms with E-state index < -0.39 is 21.8 Å². The number of carbonyl (C=O) groups excluding carboxylic acids is 2. The van der Waals surface area contributed by atoms with Crippen molar-refractivity contribution in [3.05, 3.63) is 34.9 Å². The van der Waals surface area contributed by atoms with Gasteiger partial charge in [-0.1, -0.05) is 23.7 Å². The highest BCUT2D eigenvalue weighted by molar-refractivity contribution is 7.89. The molecular weight excluding hydrogens is 280 g/mol. The van der Waals surface area contributed by atoms with E-state index in [0.29, 0.717) is 5.02 Å². The molecule has 0 spiro atoms. The lowest BCUT2D eigenvalue weighted by molar-refractivity contribution is -0.138. The van der Waals surface area contributed by atoms with Crippen LogP contribution in [-0.2, 0) is 26.2 Å². The number of benzene rings is 1. The van der Waals surface area contributed by atoms with Crippen LogP contribution in [0.4, 0.5) is 0 Å². The summed E-state index contributed by atoms with van der Waals surface area (Å²) in [5.74, 6) is -2.23. The zero-order valence-corrected chi connectivity index (χ0v) is 11.0. The lowest BCUT2D eigenvalue weighted by Crippen LogP contribution is -2.41. The van der Waals surface area contributed by atoms with Crippen LogP contribution in [0.2, 0.25) is 5.02 Å². The van der Waals surface area contributed by atoms with Crippen molar-refractivity contribution in [1.29, 1.82) is 0 Å². The molecule has 1 aromatic carbocycles. The molecular formula is C10H11ClN2O4S. The van der Waals surface area contributed by atoms with Crippen LogP contribution in [0.15, 0.2) is 24.3 Å². The van der Waals surface area contributed by atoms with Gasteiger partial charge in [0, 0.05) is 11.6 Å². The van der Waals surface area contributed by atoms with Crippen molar-refractivity contribution in [3.63, 3.8) is 0 Å². The Balaban J connectivity index is 2.51. The molecule has 0 heterocycles. The Morgan fingerprint density at radius 1 is 1.17 bits per heavy atom. The van der Waals surface area contributed by atoms with Gasteiger partial charge in [0.1, 0.15) is 0 Å². The quantitative estimate of drug-likeness (QED) is 0.768. The number of halogens is 1. The summed E-state index contributed by atoms with van der Waals surface area (Å²) in [5, 5.41) is 2.84. The Bertz CT molecular complexity index is 554. The minimum atomic E-state index is -3.73. The van der Waals surface area contributed by atoms with Crippen molar-refractivity contribution in [1.82, 2.24) is 10.0 Å². The van der Waals surface area contributed by atoms with Crippen LogP contribution in [0.5, 0.6) is 0 Å². The van der Waals surface area contributed by atoms with Gasteiger partial charge in [-0.25, -0.2) is 13.1 Å². The minimum absolute atomic E-state index is 0.104. The van der Waals surface area contributed by atoms with Crippen molar-refractivity contribution < 1.29 is 18.0 Å². The average Bonchev–Trinajstić information content (AvgIpc) is 2.25. The summed E-state index contributed by atoms with van der Waals surface area (Å²) >= 11 is 5.68. The van der Waals surface area contributed by atoms with Crippen LogP contribution in [-0.4, -0.2) is 26.5 Å². The van der Waals surface area contributed by atoms with Crippen LogP contribution < -0.4 is 10.0 Å². The largest absolute Gasteiger partial charge is 0.344 e. The highest BCUT2D eigenvalue weighted by Crippen LogP contribution is 2.08. The van der Waals surface area contributed by atoms with Gasteiger partial charge in [-0.15, -0.1) is 0 Å². The number of hydrogen-bond acceptors (Lipinski definition) is 4. The molecule has 18 heavy (non-hydrogen) atoms. The third-order valence-electron chi connectivity index (χ3n) is 1.85. The van der Waals surface area contributed by atoms with Gasteiger partial charge < -0.3 is 5.32 Å². The van der Waals surface area contributed by atoms with Crippen LogP contribution >= 0.6 is 11.6 Å². The van der Waals surface area contributed by atoms with Crippen molar-refractivity contribution in [2.24, 2.45) is 0 Å². The monoisotopic (exact) mass is 290 g/mol. The van der Waals surface area contributed by atoms with Gasteiger partial charge in [0.15, 0.2) is 0 Å². The second-order valence-corrected chi connectivity index (χ2v) is 5.70. The van der Waals surface area contributed by atoms with E-state index in [1.807, 2.05) is 0 Å². The summed E-state index contributed by atoms with van der Waals surface area (Å²) in [6.07, 6.45) is 0.789. The summed E-state index contributed by atoms with van der Waals surface area (Å²) in [5.41, 5.74) is 0.736. The average molecular weight is 291 g/mol. The van der Waals surface area contributed by atoms with Crippen LogP contribution in [0.3, 0.4) is 0 Å². The summed E-state index contributed by atoms with van der Waals surface area (Å²) in [6.45, 7) is 0.104. The van der Waals surface area contributed by atoms with E-state index >= 15 is 0 Å². The van der Waals surface area contributed by atoms with Crippen LogP contribution in [0.1, 0.15) is 5.56 Å². The van der Waals surface area contributed by atoms with Gasteiger partial charge in [0.05, 0.1) is 6.26 Å². The Labute approximate surface area is 109 Å². The zero-order chi connectivity index (χ0) is 13.8. The van der Waals surface area contributed by atoms with Crippen LogP contribution in [0, 0.1) is 0 Å². The maximum atomic E-state index is 11.2. The van der Waals surface area contributed by atoms with Crippen molar-refractivity contribution in [2.75, 3.05) is 6.26 Å². The smallest absolute Gasteiger partial charge is 0.322 e. The van der Waals surface area contributed by atoms with Gasteiger partial charge in [-0.3, -0.25) is 9.59 Å². The van der Waals surface area contributed by atoms with Crippen molar-refractivity contribution in [3.8, 4) is 0 Å². The lowest BCUT2D eigenvalue weighted by atomic mass is 10.2. The maximum absolute atomic E-state index is 11.2. The molecule has 0 radical (unpaired) electrons. The van der Waals surface area contributed by atoms with E-state index in [1.165, 1.54) is 0 Å². The van der Waals surface area contributed by atoms with E-state index in [2.05, 4.69) is 5.32 Å². The SMILES string of the molecule is CS(=O)(=O)NC(=O)C(=O)NCc1ccc(Cl)cc1. The van der Waals surface area contributed by atoms with Crippen molar-refractivity contribution in [2.45, 2.75) is 6.54 Å². The molecule has 0 aliphatic carbocycles. The molecule has 2 amide bonds. The van der Waals surface area contributed by atoms with Crippen LogP contribution in [0.25, 0.3) is 0 Å². The molecule has 1 rings (SSSR count). The number of carbonyl (C=O) groups is 2. The van der Waals surface area contributed by atoms with E-state index in [0.717, 1.165) is 11.8 Å². The summed E-state index contributed by atoms with van der Waals surface area (Å²) in [6, 6.07) is 6.63. The molecule has 0 atom stereocenters. The first-order chi connectivity index (χ1) is 8.28. The summed E-state index contributed by atoms with van der Waals surface area (Å²) in [7, 11) is -3.73. The van der Waals surface area contributed by atoms with Crippen molar-refractivity contribution >= 4 is 33.4 Å². The molecule has 98 valence electrons. The standard InChI is InChI=1S/C10H11ClN2O4S/c1-18(16,17)13-10(15)9(14)12-6-7-2-4-8(11)5-3-7/h2-5H,6H2,1H3,(H,12,14)(H,13,15). The Morgan fingerprint density at radius 3 is 2.22 bits per heavy atom. The van der Waals surface area contributed by atoms with Gasteiger partial charge in [-0.05, 0) is 17.7 Å². The summed E-state index contributed by atoms with van der Waals surface area (Å²) < 4.78 is 23.0. The van der Waals surface area contributed by atoms with E-state index in [1.54, 1.807) is 29.0 Å². The number of nitrogens with one attached hydrogen (secondary N) is 2. The number of sulfonamides is 1. The molecule has 1 aromatic rings. The molecule has 0 aromatic heterocycles. The predicted molar refractivity (Wildman–Crippen MR) is 66.3 cm³/mol. The fourth-order valence-electron chi connectivity index (χ4n) is 1.08. The maximum Gasteiger partial charge on any atom is 0.322 e. The molecule has 0 unspecified atom stereocenters. The van der Waals surface area contributed by atoms with E-state index in [-0.39, 0.29) is 6.54 Å². The third-order valence-corrected chi connectivity index (χ3v) is 2.66. The molecule has 0 saturated carbocycles. The molecule has 0 aliphatic heterocycles. The highest BCUT2D eigenvalue weighted by atomic mass is 35.5. The minimum Gasteiger partial charge on any atom is -0.344 e. The van der Waals surface area contributed by atoms with Gasteiger partial charge in [-0.2, -0.15) is 0 Å². The normalized spacial score (nSPS) is 10.8.